The number of furan rings is 1. The molecule has 1 amide bonds. The third-order valence-corrected chi connectivity index (χ3v) is 4.53. The molecule has 2 rings (SSSR count). The normalized spacial score (nSPS) is 11.7. The molecule has 0 unspecified atom stereocenters. The number of rotatable bonds is 4. The Balaban J connectivity index is 2.22. The Bertz CT molecular complexity index is 720. The summed E-state index contributed by atoms with van der Waals surface area (Å²) in [5.41, 5.74) is 0.239. The fourth-order valence-electron chi connectivity index (χ4n) is 1.81. The van der Waals surface area contributed by atoms with Crippen LogP contribution in [0.4, 0.5) is 5.00 Å². The molecule has 23 heavy (non-hydrogen) atoms. The molecule has 0 saturated carbocycles. The van der Waals surface area contributed by atoms with Crippen LogP contribution in [0.5, 0.6) is 0 Å². The summed E-state index contributed by atoms with van der Waals surface area (Å²) in [4.78, 5) is 24.9. The maximum absolute atomic E-state index is 12.0. The highest BCUT2D eigenvalue weighted by Gasteiger charge is 2.24. The molecule has 0 atom stereocenters. The molecule has 1 N–H and O–H groups in total. The predicted octanol–water partition coefficient (Wildman–Crippen LogP) is 4.08. The highest BCUT2D eigenvalue weighted by molar-refractivity contribution is 7.16. The monoisotopic (exact) mass is 333 g/mol. The van der Waals surface area contributed by atoms with Gasteiger partial charge in [-0.25, -0.2) is 4.79 Å². The van der Waals surface area contributed by atoms with Crippen LogP contribution >= 0.6 is 11.3 Å². The second kappa shape index (κ2) is 6.83. The molecule has 0 fully saturated rings. The molecule has 122 valence electrons. The molecule has 0 bridgehead atoms. The molecule has 6 heteroatoms. The Morgan fingerprint density at radius 2 is 2.09 bits per heavy atom. The molecule has 2 heterocycles. The zero-order valence-corrected chi connectivity index (χ0v) is 14.3. The lowest BCUT2D eigenvalue weighted by Crippen LogP contribution is -2.10. The van der Waals surface area contributed by atoms with Gasteiger partial charge in [0.15, 0.2) is 0 Å². The number of nitrogens with one attached hydrogen (secondary N) is 1. The van der Waals surface area contributed by atoms with Crippen LogP contribution in [0.25, 0.3) is 6.08 Å². The molecule has 0 radical (unpaired) electrons. The quantitative estimate of drug-likeness (QED) is 0.676. The standard InChI is InChI=1S/C17H19NO4S/c1-17(2,3)13-10-12(16(20)21-4)15(23-13)18-14(19)8-7-11-6-5-9-22-11/h5-10H,1-4H3,(H,18,19). The molecule has 0 saturated heterocycles. The van der Waals surface area contributed by atoms with Crippen LogP contribution in [0.15, 0.2) is 35.0 Å². The maximum Gasteiger partial charge on any atom is 0.340 e. The number of ether oxygens (including phenoxy) is 1. The van der Waals surface area contributed by atoms with Crippen molar-refractivity contribution < 1.29 is 18.7 Å². The lowest BCUT2D eigenvalue weighted by atomic mass is 9.94. The number of carbonyl (C=O) groups excluding carboxylic acids is 2. The average molecular weight is 333 g/mol. The van der Waals surface area contributed by atoms with Gasteiger partial charge in [-0.05, 0) is 29.7 Å². The van der Waals surface area contributed by atoms with Crippen LogP contribution in [0.3, 0.4) is 0 Å². The van der Waals surface area contributed by atoms with Crippen molar-refractivity contribution in [3.8, 4) is 0 Å². The van der Waals surface area contributed by atoms with Crippen molar-refractivity contribution in [1.29, 1.82) is 0 Å². The minimum atomic E-state index is -0.470. The van der Waals surface area contributed by atoms with Gasteiger partial charge in [-0.1, -0.05) is 20.8 Å². The van der Waals surface area contributed by atoms with Crippen LogP contribution in [-0.2, 0) is 14.9 Å². The number of methoxy groups -OCH3 is 1. The number of hydrogen-bond acceptors (Lipinski definition) is 5. The van der Waals surface area contributed by atoms with Crippen LogP contribution in [0.2, 0.25) is 0 Å². The number of hydrogen-bond donors (Lipinski definition) is 1. The summed E-state index contributed by atoms with van der Waals surface area (Å²) in [7, 11) is 1.32. The number of esters is 1. The lowest BCUT2D eigenvalue weighted by molar-refractivity contribution is -0.111. The van der Waals surface area contributed by atoms with Gasteiger partial charge in [0.1, 0.15) is 10.8 Å². The van der Waals surface area contributed by atoms with Crippen LogP contribution in [0, 0.1) is 0 Å². The maximum atomic E-state index is 12.0. The molecule has 0 aliphatic heterocycles. The van der Waals surface area contributed by atoms with Crippen molar-refractivity contribution in [3.63, 3.8) is 0 Å². The zero-order chi connectivity index (χ0) is 17.0. The van der Waals surface area contributed by atoms with Crippen LogP contribution in [0.1, 0.15) is 41.8 Å². The largest absolute Gasteiger partial charge is 0.465 e. The first kappa shape index (κ1) is 17.0. The van der Waals surface area contributed by atoms with Crippen molar-refractivity contribution in [3.05, 3.63) is 46.7 Å². The van der Waals surface area contributed by atoms with E-state index in [1.54, 1.807) is 24.3 Å². The fourth-order valence-corrected chi connectivity index (χ4v) is 2.92. The second-order valence-corrected chi connectivity index (χ2v) is 6.99. The van der Waals surface area contributed by atoms with Crippen molar-refractivity contribution >= 4 is 34.3 Å². The molecule has 0 aliphatic rings. The molecular formula is C17H19NO4S. The Labute approximate surface area is 139 Å². The topological polar surface area (TPSA) is 68.5 Å². The number of thiophene rings is 1. The number of amides is 1. The third-order valence-electron chi connectivity index (χ3n) is 3.06. The van der Waals surface area contributed by atoms with E-state index < -0.39 is 5.97 Å². The van der Waals surface area contributed by atoms with E-state index in [9.17, 15) is 9.59 Å². The summed E-state index contributed by atoms with van der Waals surface area (Å²) in [5, 5.41) is 3.21. The summed E-state index contributed by atoms with van der Waals surface area (Å²) in [6, 6.07) is 5.25. The Kier molecular flexibility index (Phi) is 5.05. The summed E-state index contributed by atoms with van der Waals surface area (Å²) in [5.74, 6) is -0.231. The van der Waals surface area contributed by atoms with Gasteiger partial charge in [0.2, 0.25) is 5.91 Å². The average Bonchev–Trinajstić information content (AvgIpc) is 3.13. The fraction of sp³-hybridized carbons (Fsp3) is 0.294. The van der Waals surface area contributed by atoms with Crippen LogP contribution in [-0.4, -0.2) is 19.0 Å². The second-order valence-electron chi connectivity index (χ2n) is 5.93. The third kappa shape index (κ3) is 4.32. The lowest BCUT2D eigenvalue weighted by Gasteiger charge is -2.15. The Hall–Kier alpha value is -2.34. The van der Waals surface area contributed by atoms with Gasteiger partial charge in [-0.3, -0.25) is 4.79 Å². The minimum absolute atomic E-state index is 0.125. The summed E-state index contributed by atoms with van der Waals surface area (Å²) >= 11 is 1.37. The van der Waals surface area contributed by atoms with E-state index in [4.69, 9.17) is 9.15 Å². The van der Waals surface area contributed by atoms with Gasteiger partial charge in [0, 0.05) is 11.0 Å². The minimum Gasteiger partial charge on any atom is -0.465 e. The SMILES string of the molecule is COC(=O)c1cc(C(C)(C)C)sc1NC(=O)C=Cc1ccco1. The molecule has 0 spiro atoms. The van der Waals surface area contributed by atoms with Gasteiger partial charge in [0.05, 0.1) is 18.9 Å². The molecule has 2 aromatic heterocycles. The highest BCUT2D eigenvalue weighted by Crippen LogP contribution is 2.36. The Morgan fingerprint density at radius 3 is 2.65 bits per heavy atom. The zero-order valence-electron chi connectivity index (χ0n) is 13.5. The number of anilines is 1. The van der Waals surface area contributed by atoms with E-state index in [0.29, 0.717) is 16.3 Å². The van der Waals surface area contributed by atoms with E-state index in [1.807, 2.05) is 20.8 Å². The van der Waals surface area contributed by atoms with E-state index >= 15 is 0 Å². The van der Waals surface area contributed by atoms with Crippen molar-refractivity contribution in [2.45, 2.75) is 26.2 Å². The van der Waals surface area contributed by atoms with Gasteiger partial charge in [-0.2, -0.15) is 0 Å². The molecule has 0 aliphatic carbocycles. The first-order valence-corrected chi connectivity index (χ1v) is 7.88. The van der Waals surface area contributed by atoms with Gasteiger partial charge >= 0.3 is 5.97 Å². The van der Waals surface area contributed by atoms with Crippen molar-refractivity contribution in [2.75, 3.05) is 12.4 Å². The summed E-state index contributed by atoms with van der Waals surface area (Å²) < 4.78 is 9.91. The van der Waals surface area contributed by atoms with Gasteiger partial charge in [0.25, 0.3) is 0 Å². The molecule has 2 aromatic rings. The van der Waals surface area contributed by atoms with Crippen molar-refractivity contribution in [1.82, 2.24) is 0 Å². The van der Waals surface area contributed by atoms with E-state index in [1.165, 1.54) is 30.8 Å². The van der Waals surface area contributed by atoms with Gasteiger partial charge < -0.3 is 14.5 Å². The van der Waals surface area contributed by atoms with Crippen LogP contribution < -0.4 is 5.32 Å². The summed E-state index contributed by atoms with van der Waals surface area (Å²) in [6.45, 7) is 6.13. The first-order chi connectivity index (χ1) is 10.8. The van der Waals surface area contributed by atoms with E-state index in [0.717, 1.165) is 4.88 Å². The summed E-state index contributed by atoms with van der Waals surface area (Å²) in [6.07, 6.45) is 4.45. The van der Waals surface area contributed by atoms with Gasteiger partial charge in [-0.15, -0.1) is 11.3 Å². The highest BCUT2D eigenvalue weighted by atomic mass is 32.1. The Morgan fingerprint density at radius 1 is 1.35 bits per heavy atom. The first-order valence-electron chi connectivity index (χ1n) is 7.06. The predicted molar refractivity (Wildman–Crippen MR) is 90.7 cm³/mol. The molecule has 5 nitrogen and oxygen atoms in total. The molecular weight excluding hydrogens is 314 g/mol. The van der Waals surface area contributed by atoms with Crippen molar-refractivity contribution in [2.24, 2.45) is 0 Å². The smallest absolute Gasteiger partial charge is 0.340 e. The van der Waals surface area contributed by atoms with E-state index in [-0.39, 0.29) is 11.3 Å². The molecule has 0 aromatic carbocycles. The van der Waals surface area contributed by atoms with E-state index in [2.05, 4.69) is 5.32 Å². The number of carbonyl (C=O) groups is 2.